The summed E-state index contributed by atoms with van der Waals surface area (Å²) in [6.45, 7) is 1.41. The van der Waals surface area contributed by atoms with E-state index in [9.17, 15) is 5.11 Å². The summed E-state index contributed by atoms with van der Waals surface area (Å²) in [6, 6.07) is 17.6. The second kappa shape index (κ2) is 10.5. The molecule has 0 aliphatic heterocycles. The summed E-state index contributed by atoms with van der Waals surface area (Å²) in [4.78, 5) is 0. The van der Waals surface area contributed by atoms with Crippen molar-refractivity contribution in [2.45, 2.75) is 12.5 Å². The number of anilines is 1. The van der Waals surface area contributed by atoms with E-state index < -0.39 is 6.10 Å². The molecule has 0 bridgehead atoms. The summed E-state index contributed by atoms with van der Waals surface area (Å²) in [5.41, 5.74) is 8.62. The van der Waals surface area contributed by atoms with Crippen molar-refractivity contribution in [3.63, 3.8) is 0 Å². The number of rotatable bonds is 6. The fraction of sp³-hybridized carbons (Fsp3) is 0.250. The maximum atomic E-state index is 9.98. The van der Waals surface area contributed by atoms with Crippen LogP contribution < -0.4 is 11.1 Å². The molecular formula is C16H22Cl2N2O. The summed E-state index contributed by atoms with van der Waals surface area (Å²) < 4.78 is 0. The van der Waals surface area contributed by atoms with Gasteiger partial charge < -0.3 is 16.2 Å². The van der Waals surface area contributed by atoms with E-state index in [1.54, 1.807) is 0 Å². The van der Waals surface area contributed by atoms with Gasteiger partial charge in [0.05, 0.1) is 6.10 Å². The summed E-state index contributed by atoms with van der Waals surface area (Å²) in [5, 5.41) is 13.2. The van der Waals surface area contributed by atoms with Gasteiger partial charge in [-0.3, -0.25) is 0 Å². The lowest BCUT2D eigenvalue weighted by Gasteiger charge is -2.12. The van der Waals surface area contributed by atoms with Gasteiger partial charge in [0, 0.05) is 12.2 Å². The van der Waals surface area contributed by atoms with E-state index in [0.29, 0.717) is 6.54 Å². The number of hydrogen-bond donors (Lipinski definition) is 3. The molecule has 0 spiro atoms. The molecule has 0 amide bonds. The van der Waals surface area contributed by atoms with E-state index in [-0.39, 0.29) is 24.8 Å². The third-order valence-corrected chi connectivity index (χ3v) is 3.09. The van der Waals surface area contributed by atoms with Gasteiger partial charge in [0.25, 0.3) is 0 Å². The Balaban J connectivity index is 0.00000200. The van der Waals surface area contributed by atoms with Crippen LogP contribution >= 0.6 is 24.8 Å². The summed E-state index contributed by atoms with van der Waals surface area (Å²) in [7, 11) is 0. The molecule has 21 heavy (non-hydrogen) atoms. The van der Waals surface area contributed by atoms with Crippen LogP contribution in [0.4, 0.5) is 5.69 Å². The number of halogens is 2. The maximum Gasteiger partial charge on any atom is 0.0914 e. The van der Waals surface area contributed by atoms with Crippen molar-refractivity contribution >= 4 is 30.5 Å². The summed E-state index contributed by atoms with van der Waals surface area (Å²) in [6.07, 6.45) is 0.481. The normalized spacial score (nSPS) is 11.1. The molecule has 0 fully saturated rings. The standard InChI is InChI=1S/C16H20N2O.2ClH/c17-15-8-6-13(7-9-15)10-11-18-12-16(19)14-4-2-1-3-5-14;;/h1-9,16,18-19H,10-12,17H2;2*1H/t16-;;/m0../s1. The van der Waals surface area contributed by atoms with Crippen LogP contribution in [0.3, 0.4) is 0 Å². The highest BCUT2D eigenvalue weighted by molar-refractivity contribution is 5.85. The predicted octanol–water partition coefficient (Wildman–Crippen LogP) is 2.98. The van der Waals surface area contributed by atoms with E-state index >= 15 is 0 Å². The third-order valence-electron chi connectivity index (χ3n) is 3.09. The zero-order valence-electron chi connectivity index (χ0n) is 11.7. The van der Waals surface area contributed by atoms with Gasteiger partial charge in [-0.1, -0.05) is 42.5 Å². The van der Waals surface area contributed by atoms with E-state index in [1.807, 2.05) is 54.6 Å². The van der Waals surface area contributed by atoms with Crippen molar-refractivity contribution in [3.8, 4) is 0 Å². The van der Waals surface area contributed by atoms with Crippen molar-refractivity contribution < 1.29 is 5.11 Å². The van der Waals surface area contributed by atoms with E-state index in [0.717, 1.165) is 24.2 Å². The van der Waals surface area contributed by atoms with Crippen LogP contribution in [0, 0.1) is 0 Å². The molecule has 4 N–H and O–H groups in total. The lowest BCUT2D eigenvalue weighted by atomic mass is 10.1. The van der Waals surface area contributed by atoms with Gasteiger partial charge in [-0.2, -0.15) is 0 Å². The van der Waals surface area contributed by atoms with Crippen LogP contribution in [0.25, 0.3) is 0 Å². The van der Waals surface area contributed by atoms with Crippen LogP contribution in [0.2, 0.25) is 0 Å². The molecule has 2 rings (SSSR count). The van der Waals surface area contributed by atoms with Gasteiger partial charge in [0.15, 0.2) is 0 Å². The molecule has 3 nitrogen and oxygen atoms in total. The molecule has 2 aromatic rings. The van der Waals surface area contributed by atoms with Crippen molar-refractivity contribution in [2.75, 3.05) is 18.8 Å². The number of hydrogen-bond acceptors (Lipinski definition) is 3. The fourth-order valence-electron chi connectivity index (χ4n) is 1.95. The highest BCUT2D eigenvalue weighted by atomic mass is 35.5. The van der Waals surface area contributed by atoms with Gasteiger partial charge in [-0.05, 0) is 36.2 Å². The first-order chi connectivity index (χ1) is 9.25. The average molecular weight is 329 g/mol. The topological polar surface area (TPSA) is 58.3 Å². The Hall–Kier alpha value is -1.26. The third kappa shape index (κ3) is 6.82. The first-order valence-electron chi connectivity index (χ1n) is 6.54. The second-order valence-electron chi connectivity index (χ2n) is 4.62. The summed E-state index contributed by atoms with van der Waals surface area (Å²) in [5.74, 6) is 0. The van der Waals surface area contributed by atoms with Gasteiger partial charge in [0.1, 0.15) is 0 Å². The van der Waals surface area contributed by atoms with Crippen LogP contribution in [0.1, 0.15) is 17.2 Å². The molecular weight excluding hydrogens is 307 g/mol. The SMILES string of the molecule is Cl.Cl.Nc1ccc(CCNC[C@H](O)c2ccccc2)cc1. The van der Waals surface area contributed by atoms with Gasteiger partial charge in [0.2, 0.25) is 0 Å². The smallest absolute Gasteiger partial charge is 0.0914 e. The zero-order valence-corrected chi connectivity index (χ0v) is 13.4. The molecule has 0 saturated carbocycles. The number of nitrogens with one attached hydrogen (secondary N) is 1. The van der Waals surface area contributed by atoms with Gasteiger partial charge >= 0.3 is 0 Å². The van der Waals surface area contributed by atoms with Crippen molar-refractivity contribution in [1.29, 1.82) is 0 Å². The number of benzene rings is 2. The Morgan fingerprint density at radius 3 is 2.19 bits per heavy atom. The van der Waals surface area contributed by atoms with Gasteiger partial charge in [-0.25, -0.2) is 0 Å². The average Bonchev–Trinajstić information content (AvgIpc) is 2.46. The molecule has 2 aromatic carbocycles. The number of aliphatic hydroxyl groups excluding tert-OH is 1. The second-order valence-corrected chi connectivity index (χ2v) is 4.62. The molecule has 116 valence electrons. The Kier molecular flexibility index (Phi) is 9.84. The molecule has 0 radical (unpaired) electrons. The Morgan fingerprint density at radius 2 is 1.57 bits per heavy atom. The quantitative estimate of drug-likeness (QED) is 0.564. The minimum atomic E-state index is -0.451. The predicted molar refractivity (Wildman–Crippen MR) is 93.3 cm³/mol. The Morgan fingerprint density at radius 1 is 0.952 bits per heavy atom. The summed E-state index contributed by atoms with van der Waals surface area (Å²) >= 11 is 0. The minimum absolute atomic E-state index is 0. The Labute approximate surface area is 138 Å². The van der Waals surface area contributed by atoms with E-state index in [1.165, 1.54) is 5.56 Å². The van der Waals surface area contributed by atoms with E-state index in [2.05, 4.69) is 5.32 Å². The highest BCUT2D eigenvalue weighted by Gasteiger charge is 2.05. The lowest BCUT2D eigenvalue weighted by molar-refractivity contribution is 0.175. The van der Waals surface area contributed by atoms with Crippen molar-refractivity contribution in [3.05, 3.63) is 65.7 Å². The Bertz CT molecular complexity index is 491. The maximum absolute atomic E-state index is 9.98. The molecule has 0 aromatic heterocycles. The molecule has 5 heteroatoms. The van der Waals surface area contributed by atoms with Crippen molar-refractivity contribution in [2.24, 2.45) is 0 Å². The van der Waals surface area contributed by atoms with Gasteiger partial charge in [-0.15, -0.1) is 24.8 Å². The van der Waals surface area contributed by atoms with Crippen LogP contribution in [0.5, 0.6) is 0 Å². The molecule has 0 aliphatic carbocycles. The van der Waals surface area contributed by atoms with Crippen LogP contribution in [0.15, 0.2) is 54.6 Å². The fourth-order valence-corrected chi connectivity index (χ4v) is 1.95. The molecule has 0 aliphatic rings. The molecule has 0 unspecified atom stereocenters. The largest absolute Gasteiger partial charge is 0.399 e. The first-order valence-corrected chi connectivity index (χ1v) is 6.54. The lowest BCUT2D eigenvalue weighted by Crippen LogP contribution is -2.23. The monoisotopic (exact) mass is 328 g/mol. The molecule has 1 atom stereocenters. The van der Waals surface area contributed by atoms with Crippen LogP contribution in [-0.2, 0) is 6.42 Å². The minimum Gasteiger partial charge on any atom is -0.399 e. The molecule has 0 heterocycles. The zero-order chi connectivity index (χ0) is 13.5. The van der Waals surface area contributed by atoms with Crippen LogP contribution in [-0.4, -0.2) is 18.2 Å². The number of aliphatic hydroxyl groups is 1. The first kappa shape index (κ1) is 19.7. The highest BCUT2D eigenvalue weighted by Crippen LogP contribution is 2.10. The van der Waals surface area contributed by atoms with Crippen molar-refractivity contribution in [1.82, 2.24) is 5.32 Å². The number of nitrogen functional groups attached to an aromatic ring is 1. The van der Waals surface area contributed by atoms with E-state index in [4.69, 9.17) is 5.73 Å². The number of nitrogens with two attached hydrogens (primary N) is 1. The molecule has 0 saturated heterocycles.